The summed E-state index contributed by atoms with van der Waals surface area (Å²) in [6.07, 6.45) is -0.285. The van der Waals surface area contributed by atoms with Gasteiger partial charge >= 0.3 is 11.9 Å². The highest BCUT2D eigenvalue weighted by Gasteiger charge is 2.39. The first-order chi connectivity index (χ1) is 9.80. The molecule has 1 aromatic heterocycles. The number of halogens is 2. The van der Waals surface area contributed by atoms with E-state index in [1.807, 2.05) is 0 Å². The van der Waals surface area contributed by atoms with Crippen LogP contribution in [-0.2, 0) is 17.1 Å². The minimum absolute atomic E-state index is 0.218. The zero-order chi connectivity index (χ0) is 15.6. The normalized spacial score (nSPS) is 11.4. The topological polar surface area (TPSA) is 76.2 Å². The van der Waals surface area contributed by atoms with Crippen LogP contribution in [0.4, 0.5) is 8.78 Å². The molecule has 1 aromatic carbocycles. The molecular formula is C14H12F2N2O3. The van der Waals surface area contributed by atoms with Crippen LogP contribution in [0.25, 0.3) is 0 Å². The molecule has 7 heteroatoms. The summed E-state index contributed by atoms with van der Waals surface area (Å²) in [6.45, 7) is 5.06. The largest absolute Gasteiger partial charge is 0.478 e. The molecule has 0 saturated carbocycles. The summed E-state index contributed by atoms with van der Waals surface area (Å²) < 4.78 is 33.1. The van der Waals surface area contributed by atoms with E-state index < -0.39 is 17.7 Å². The first-order valence-electron chi connectivity index (χ1n) is 6.00. The number of aliphatic carboxylic acids is 1. The average Bonchev–Trinajstić information content (AvgIpc) is 2.88. The number of benzene rings is 1. The molecule has 0 aliphatic carbocycles. The van der Waals surface area contributed by atoms with Gasteiger partial charge < -0.3 is 9.63 Å². The Hall–Kier alpha value is -2.57. The van der Waals surface area contributed by atoms with Gasteiger partial charge in [0.25, 0.3) is 0 Å². The highest BCUT2D eigenvalue weighted by Crippen LogP contribution is 2.33. The predicted molar refractivity (Wildman–Crippen MR) is 69.0 cm³/mol. The van der Waals surface area contributed by atoms with Crippen LogP contribution in [0.5, 0.6) is 0 Å². The fourth-order valence-electron chi connectivity index (χ4n) is 1.60. The van der Waals surface area contributed by atoms with Crippen molar-refractivity contribution >= 4 is 5.97 Å². The summed E-state index contributed by atoms with van der Waals surface area (Å²) in [7, 11) is 0. The quantitative estimate of drug-likeness (QED) is 0.858. The van der Waals surface area contributed by atoms with Crippen molar-refractivity contribution in [1.82, 2.24) is 10.1 Å². The molecule has 0 atom stereocenters. The fraction of sp³-hybridized carbons (Fsp3) is 0.214. The van der Waals surface area contributed by atoms with Gasteiger partial charge in [0, 0.05) is 11.1 Å². The zero-order valence-corrected chi connectivity index (χ0v) is 11.1. The molecule has 2 aromatic rings. The molecule has 0 fully saturated rings. The fourth-order valence-corrected chi connectivity index (χ4v) is 1.60. The van der Waals surface area contributed by atoms with Crippen molar-refractivity contribution in [2.45, 2.75) is 19.3 Å². The first-order valence-corrected chi connectivity index (χ1v) is 6.00. The Morgan fingerprint density at radius 1 is 1.38 bits per heavy atom. The number of alkyl halides is 2. The van der Waals surface area contributed by atoms with Gasteiger partial charge in [-0.2, -0.15) is 13.8 Å². The third-order valence-electron chi connectivity index (χ3n) is 2.83. The zero-order valence-electron chi connectivity index (χ0n) is 11.1. The van der Waals surface area contributed by atoms with Crippen molar-refractivity contribution in [3.05, 3.63) is 59.3 Å². The molecule has 0 spiro atoms. The summed E-state index contributed by atoms with van der Waals surface area (Å²) in [5, 5.41) is 11.9. The number of carbonyl (C=O) groups is 1. The van der Waals surface area contributed by atoms with Crippen LogP contribution < -0.4 is 0 Å². The van der Waals surface area contributed by atoms with Crippen molar-refractivity contribution in [3.8, 4) is 0 Å². The van der Waals surface area contributed by atoms with E-state index in [-0.39, 0.29) is 23.4 Å². The monoisotopic (exact) mass is 294 g/mol. The molecule has 0 amide bonds. The minimum atomic E-state index is -3.42. The van der Waals surface area contributed by atoms with Crippen LogP contribution in [0.1, 0.15) is 22.8 Å². The lowest BCUT2D eigenvalue weighted by atomic mass is 10.1. The van der Waals surface area contributed by atoms with Crippen molar-refractivity contribution in [2.75, 3.05) is 0 Å². The molecule has 0 saturated heterocycles. The van der Waals surface area contributed by atoms with Gasteiger partial charge in [-0.1, -0.05) is 41.6 Å². The first kappa shape index (κ1) is 14.8. The SMILES string of the molecule is C=C(Cc1nc(C(F)(F)c2ccc(C)cc2)no1)C(=O)O. The molecule has 21 heavy (non-hydrogen) atoms. The summed E-state index contributed by atoms with van der Waals surface area (Å²) in [5.41, 5.74) is 0.363. The maximum atomic E-state index is 14.2. The second-order valence-corrected chi connectivity index (χ2v) is 4.54. The Bertz CT molecular complexity index is 678. The van der Waals surface area contributed by atoms with E-state index in [9.17, 15) is 13.6 Å². The van der Waals surface area contributed by atoms with E-state index in [0.29, 0.717) is 0 Å². The van der Waals surface area contributed by atoms with E-state index in [0.717, 1.165) is 5.56 Å². The number of hydrogen-bond acceptors (Lipinski definition) is 4. The Kier molecular flexibility index (Phi) is 3.84. The average molecular weight is 294 g/mol. The molecule has 1 N–H and O–H groups in total. The summed E-state index contributed by atoms with van der Waals surface area (Å²) in [5.74, 6) is -5.69. The van der Waals surface area contributed by atoms with Gasteiger partial charge in [0.2, 0.25) is 11.7 Å². The van der Waals surface area contributed by atoms with Crippen LogP contribution in [0, 0.1) is 6.92 Å². The van der Waals surface area contributed by atoms with E-state index in [1.165, 1.54) is 12.1 Å². The second kappa shape index (κ2) is 5.43. The Balaban J connectivity index is 2.25. The molecule has 2 rings (SSSR count). The van der Waals surface area contributed by atoms with Gasteiger partial charge in [-0.05, 0) is 6.92 Å². The summed E-state index contributed by atoms with van der Waals surface area (Å²) in [6, 6.07) is 5.66. The van der Waals surface area contributed by atoms with Crippen LogP contribution in [0.3, 0.4) is 0 Å². The number of aromatic nitrogens is 2. The number of hydrogen-bond donors (Lipinski definition) is 1. The lowest BCUT2D eigenvalue weighted by Crippen LogP contribution is -2.17. The van der Waals surface area contributed by atoms with Gasteiger partial charge in [0.1, 0.15) is 0 Å². The molecule has 5 nitrogen and oxygen atoms in total. The van der Waals surface area contributed by atoms with Crippen molar-refractivity contribution in [3.63, 3.8) is 0 Å². The standard InChI is InChI=1S/C14H12F2N2O3/c1-8-3-5-10(6-4-8)14(15,16)13-17-11(21-18-13)7-9(2)12(19)20/h3-6H,2,7H2,1H3,(H,19,20). The summed E-state index contributed by atoms with van der Waals surface area (Å²) >= 11 is 0. The van der Waals surface area contributed by atoms with E-state index in [1.54, 1.807) is 19.1 Å². The molecule has 0 bridgehead atoms. The smallest absolute Gasteiger partial charge is 0.335 e. The lowest BCUT2D eigenvalue weighted by molar-refractivity contribution is -0.132. The van der Waals surface area contributed by atoms with Crippen molar-refractivity contribution < 1.29 is 23.2 Å². The second-order valence-electron chi connectivity index (χ2n) is 4.54. The van der Waals surface area contributed by atoms with Gasteiger partial charge in [-0.15, -0.1) is 0 Å². The molecule has 110 valence electrons. The Morgan fingerprint density at radius 3 is 2.57 bits per heavy atom. The van der Waals surface area contributed by atoms with Gasteiger partial charge in [0.15, 0.2) is 0 Å². The Morgan fingerprint density at radius 2 is 2.00 bits per heavy atom. The number of carboxylic acids is 1. The van der Waals surface area contributed by atoms with Gasteiger partial charge in [-0.25, -0.2) is 4.79 Å². The highest BCUT2D eigenvalue weighted by atomic mass is 19.3. The summed E-state index contributed by atoms with van der Waals surface area (Å²) in [4.78, 5) is 14.2. The molecule has 0 aliphatic rings. The van der Waals surface area contributed by atoms with Crippen molar-refractivity contribution in [1.29, 1.82) is 0 Å². The minimum Gasteiger partial charge on any atom is -0.478 e. The number of rotatable bonds is 5. The maximum absolute atomic E-state index is 14.2. The van der Waals surface area contributed by atoms with Gasteiger partial charge in [-0.3, -0.25) is 0 Å². The van der Waals surface area contributed by atoms with Crippen LogP contribution >= 0.6 is 0 Å². The van der Waals surface area contributed by atoms with E-state index in [2.05, 4.69) is 21.2 Å². The van der Waals surface area contributed by atoms with Crippen LogP contribution in [0.2, 0.25) is 0 Å². The van der Waals surface area contributed by atoms with E-state index in [4.69, 9.17) is 5.11 Å². The van der Waals surface area contributed by atoms with Gasteiger partial charge in [0.05, 0.1) is 6.42 Å². The predicted octanol–water partition coefficient (Wildman–Crippen LogP) is 2.70. The van der Waals surface area contributed by atoms with Crippen LogP contribution in [-0.4, -0.2) is 21.2 Å². The maximum Gasteiger partial charge on any atom is 0.335 e. The van der Waals surface area contributed by atoms with E-state index >= 15 is 0 Å². The lowest BCUT2D eigenvalue weighted by Gasteiger charge is -2.12. The highest BCUT2D eigenvalue weighted by molar-refractivity contribution is 5.86. The molecule has 0 radical (unpaired) electrons. The number of carboxylic acid groups (broad SMARTS) is 1. The Labute approximate surface area is 118 Å². The molecule has 0 unspecified atom stereocenters. The van der Waals surface area contributed by atoms with Crippen LogP contribution in [0.15, 0.2) is 40.9 Å². The molecular weight excluding hydrogens is 282 g/mol. The number of aryl methyl sites for hydroxylation is 1. The number of nitrogens with zero attached hydrogens (tertiary/aromatic N) is 2. The molecule has 1 heterocycles. The third-order valence-corrected chi connectivity index (χ3v) is 2.83. The third kappa shape index (κ3) is 3.13. The van der Waals surface area contributed by atoms with Crippen molar-refractivity contribution in [2.24, 2.45) is 0 Å². The molecule has 0 aliphatic heterocycles.